The van der Waals surface area contributed by atoms with Crippen LogP contribution in [-0.2, 0) is 16.0 Å². The summed E-state index contributed by atoms with van der Waals surface area (Å²) < 4.78 is 0. The van der Waals surface area contributed by atoms with Crippen LogP contribution in [0.25, 0.3) is 0 Å². The molecule has 30 heavy (non-hydrogen) atoms. The van der Waals surface area contributed by atoms with Gasteiger partial charge >= 0.3 is 5.97 Å². The Morgan fingerprint density at radius 3 is 1.80 bits per heavy atom. The lowest BCUT2D eigenvalue weighted by molar-refractivity contribution is -0.384. The van der Waals surface area contributed by atoms with Crippen molar-refractivity contribution in [3.8, 4) is 0 Å². The van der Waals surface area contributed by atoms with Crippen LogP contribution in [0.1, 0.15) is 22.6 Å². The minimum absolute atomic E-state index is 0.00929. The smallest absolute Gasteiger partial charge is 0.326 e. The molecular formula is C23H20N2O5. The van der Waals surface area contributed by atoms with Gasteiger partial charge in [0.15, 0.2) is 0 Å². The zero-order valence-corrected chi connectivity index (χ0v) is 16.0. The first-order chi connectivity index (χ1) is 14.5. The molecule has 0 heterocycles. The van der Waals surface area contributed by atoms with Gasteiger partial charge in [-0.15, -0.1) is 0 Å². The number of carboxylic acid groups (broad SMARTS) is 1. The van der Waals surface area contributed by atoms with Gasteiger partial charge in [-0.05, 0) is 16.7 Å². The lowest BCUT2D eigenvalue weighted by Crippen LogP contribution is -2.44. The van der Waals surface area contributed by atoms with Crippen LogP contribution in [0, 0.1) is 10.1 Å². The minimum Gasteiger partial charge on any atom is -0.480 e. The van der Waals surface area contributed by atoms with Gasteiger partial charge in [0, 0.05) is 18.6 Å². The van der Waals surface area contributed by atoms with Crippen LogP contribution in [0.5, 0.6) is 0 Å². The van der Waals surface area contributed by atoms with Crippen LogP contribution in [0.15, 0.2) is 84.9 Å². The van der Waals surface area contributed by atoms with Crippen molar-refractivity contribution in [1.82, 2.24) is 5.32 Å². The Labute approximate surface area is 173 Å². The van der Waals surface area contributed by atoms with Gasteiger partial charge in [0.05, 0.1) is 10.8 Å². The van der Waals surface area contributed by atoms with Crippen molar-refractivity contribution in [1.29, 1.82) is 0 Å². The van der Waals surface area contributed by atoms with Crippen molar-refractivity contribution in [3.05, 3.63) is 112 Å². The van der Waals surface area contributed by atoms with E-state index in [1.165, 1.54) is 24.3 Å². The van der Waals surface area contributed by atoms with Gasteiger partial charge in [-0.2, -0.15) is 0 Å². The van der Waals surface area contributed by atoms with Crippen molar-refractivity contribution < 1.29 is 19.6 Å². The first kappa shape index (κ1) is 20.7. The van der Waals surface area contributed by atoms with E-state index in [9.17, 15) is 24.8 Å². The second kappa shape index (κ2) is 9.47. The molecule has 0 aliphatic carbocycles. The molecule has 0 radical (unpaired) electrons. The fourth-order valence-corrected chi connectivity index (χ4v) is 3.23. The van der Waals surface area contributed by atoms with E-state index in [4.69, 9.17) is 0 Å². The van der Waals surface area contributed by atoms with Crippen molar-refractivity contribution in [2.75, 3.05) is 0 Å². The summed E-state index contributed by atoms with van der Waals surface area (Å²) in [6.45, 7) is 0. The SMILES string of the molecule is O=C(O)C(Cc1ccc([N+](=O)[O-])cc1)NC(=O)C(c1ccccc1)c1ccccc1. The maximum absolute atomic E-state index is 13.1. The number of amides is 1. The Bertz CT molecular complexity index is 981. The molecule has 0 aliphatic rings. The maximum atomic E-state index is 13.1. The standard InChI is InChI=1S/C23H20N2O5/c26-22(21(17-7-3-1-4-8-17)18-9-5-2-6-10-18)24-20(23(27)28)15-16-11-13-19(14-12-16)25(29)30/h1-14,20-21H,15H2,(H,24,26)(H,27,28). The number of hydrogen-bond donors (Lipinski definition) is 2. The molecule has 0 aliphatic heterocycles. The predicted octanol–water partition coefficient (Wildman–Crippen LogP) is 3.54. The van der Waals surface area contributed by atoms with E-state index in [0.29, 0.717) is 5.56 Å². The van der Waals surface area contributed by atoms with Gasteiger partial charge in [0.1, 0.15) is 6.04 Å². The van der Waals surface area contributed by atoms with Gasteiger partial charge < -0.3 is 10.4 Å². The number of non-ortho nitro benzene ring substituents is 1. The molecule has 1 amide bonds. The summed E-state index contributed by atoms with van der Waals surface area (Å²) in [6.07, 6.45) is 0.00929. The molecule has 3 rings (SSSR count). The Balaban J connectivity index is 1.83. The van der Waals surface area contributed by atoms with Crippen LogP contribution in [0.3, 0.4) is 0 Å². The van der Waals surface area contributed by atoms with E-state index in [0.717, 1.165) is 11.1 Å². The highest BCUT2D eigenvalue weighted by Crippen LogP contribution is 2.25. The van der Waals surface area contributed by atoms with Crippen molar-refractivity contribution in [2.45, 2.75) is 18.4 Å². The van der Waals surface area contributed by atoms with E-state index in [-0.39, 0.29) is 12.1 Å². The molecule has 152 valence electrons. The second-order valence-corrected chi connectivity index (χ2v) is 6.78. The monoisotopic (exact) mass is 404 g/mol. The number of nitrogens with one attached hydrogen (secondary N) is 1. The molecule has 3 aromatic rings. The van der Waals surface area contributed by atoms with Crippen molar-refractivity contribution in [3.63, 3.8) is 0 Å². The molecule has 3 aromatic carbocycles. The van der Waals surface area contributed by atoms with Gasteiger partial charge in [-0.1, -0.05) is 72.8 Å². The summed E-state index contributed by atoms with van der Waals surface area (Å²) in [5, 5.41) is 23.0. The predicted molar refractivity (Wildman–Crippen MR) is 111 cm³/mol. The fraction of sp³-hybridized carbons (Fsp3) is 0.130. The van der Waals surface area contributed by atoms with E-state index in [2.05, 4.69) is 5.32 Å². The van der Waals surface area contributed by atoms with Crippen molar-refractivity contribution >= 4 is 17.6 Å². The van der Waals surface area contributed by atoms with Crippen LogP contribution < -0.4 is 5.32 Å². The van der Waals surface area contributed by atoms with Crippen LogP contribution in [0.4, 0.5) is 5.69 Å². The lowest BCUT2D eigenvalue weighted by atomic mass is 9.90. The molecule has 7 nitrogen and oxygen atoms in total. The number of hydrogen-bond acceptors (Lipinski definition) is 4. The van der Waals surface area contributed by atoms with E-state index < -0.39 is 28.8 Å². The summed E-state index contributed by atoms with van der Waals surface area (Å²) in [4.78, 5) is 35.2. The highest BCUT2D eigenvalue weighted by Gasteiger charge is 2.28. The zero-order valence-electron chi connectivity index (χ0n) is 16.0. The molecule has 0 spiro atoms. The minimum atomic E-state index is -1.18. The first-order valence-electron chi connectivity index (χ1n) is 9.32. The number of carbonyl (C=O) groups excluding carboxylic acids is 1. The first-order valence-corrected chi connectivity index (χ1v) is 9.32. The van der Waals surface area contributed by atoms with E-state index in [1.807, 2.05) is 60.7 Å². The summed E-state index contributed by atoms with van der Waals surface area (Å²) in [7, 11) is 0. The van der Waals surface area contributed by atoms with Crippen molar-refractivity contribution in [2.24, 2.45) is 0 Å². The van der Waals surface area contributed by atoms with E-state index >= 15 is 0 Å². The number of benzene rings is 3. The Morgan fingerprint density at radius 2 is 1.37 bits per heavy atom. The Hall–Kier alpha value is -4.00. The highest BCUT2D eigenvalue weighted by molar-refractivity contribution is 5.90. The summed E-state index contributed by atoms with van der Waals surface area (Å²) in [5.41, 5.74) is 1.99. The quantitative estimate of drug-likeness (QED) is 0.441. The number of carboxylic acids is 1. The fourth-order valence-electron chi connectivity index (χ4n) is 3.23. The highest BCUT2D eigenvalue weighted by atomic mass is 16.6. The molecule has 1 atom stereocenters. The average molecular weight is 404 g/mol. The maximum Gasteiger partial charge on any atom is 0.326 e. The summed E-state index contributed by atoms with van der Waals surface area (Å²) in [5.74, 6) is -2.27. The number of rotatable bonds is 8. The van der Waals surface area contributed by atoms with Gasteiger partial charge in [0.25, 0.3) is 5.69 Å². The third-order valence-corrected chi connectivity index (χ3v) is 4.73. The van der Waals surface area contributed by atoms with Crippen LogP contribution >= 0.6 is 0 Å². The number of aliphatic carboxylic acids is 1. The van der Waals surface area contributed by atoms with Gasteiger partial charge in [0.2, 0.25) is 5.91 Å². The largest absolute Gasteiger partial charge is 0.480 e. The lowest BCUT2D eigenvalue weighted by Gasteiger charge is -2.21. The molecule has 0 bridgehead atoms. The zero-order chi connectivity index (χ0) is 21.5. The third-order valence-electron chi connectivity index (χ3n) is 4.73. The van der Waals surface area contributed by atoms with Gasteiger partial charge in [-0.3, -0.25) is 14.9 Å². The molecule has 0 fully saturated rings. The Morgan fingerprint density at radius 1 is 0.867 bits per heavy atom. The Kier molecular flexibility index (Phi) is 6.54. The normalized spacial score (nSPS) is 11.6. The van der Waals surface area contributed by atoms with E-state index in [1.54, 1.807) is 0 Å². The van der Waals surface area contributed by atoms with Gasteiger partial charge in [-0.25, -0.2) is 4.79 Å². The summed E-state index contributed by atoms with van der Waals surface area (Å²) in [6, 6.07) is 22.7. The molecular weight excluding hydrogens is 384 g/mol. The van der Waals surface area contributed by atoms with Crippen LogP contribution in [-0.4, -0.2) is 27.9 Å². The molecule has 2 N–H and O–H groups in total. The average Bonchev–Trinajstić information content (AvgIpc) is 2.75. The summed E-state index contributed by atoms with van der Waals surface area (Å²) >= 11 is 0. The second-order valence-electron chi connectivity index (χ2n) is 6.78. The molecule has 7 heteroatoms. The molecule has 0 saturated heterocycles. The number of carbonyl (C=O) groups is 2. The third kappa shape index (κ3) is 5.08. The number of nitro groups is 1. The molecule has 0 saturated carbocycles. The topological polar surface area (TPSA) is 110 Å². The van der Waals surface area contributed by atoms with Crippen LogP contribution in [0.2, 0.25) is 0 Å². The molecule has 1 unspecified atom stereocenters. The molecule has 0 aromatic heterocycles. The number of nitro benzene ring substituents is 1. The number of nitrogens with zero attached hydrogens (tertiary/aromatic N) is 1.